The lowest BCUT2D eigenvalue weighted by molar-refractivity contribution is 0.101. The zero-order valence-electron chi connectivity index (χ0n) is 13.2. The summed E-state index contributed by atoms with van der Waals surface area (Å²) in [6.07, 6.45) is 2.64. The molecule has 0 bridgehead atoms. The molecule has 116 valence electrons. The maximum Gasteiger partial charge on any atom is 0.272 e. The van der Waals surface area contributed by atoms with Gasteiger partial charge in [-0.2, -0.15) is 0 Å². The van der Waals surface area contributed by atoms with E-state index in [-0.39, 0.29) is 11.7 Å². The molecule has 2 aromatic rings. The van der Waals surface area contributed by atoms with Gasteiger partial charge in [-0.3, -0.25) is 9.59 Å². The lowest BCUT2D eigenvalue weighted by Gasteiger charge is -2.07. The Morgan fingerprint density at radius 2 is 1.86 bits per heavy atom. The topological polar surface area (TPSA) is 62.0 Å². The molecular weight excluding hydrogens is 296 g/mol. The quantitative estimate of drug-likeness (QED) is 0.646. The van der Waals surface area contributed by atoms with Gasteiger partial charge in [-0.15, -0.1) is 11.8 Å². The van der Waals surface area contributed by atoms with Crippen LogP contribution in [-0.4, -0.2) is 22.9 Å². The van der Waals surface area contributed by atoms with E-state index in [1.165, 1.54) is 6.92 Å². The molecule has 5 heteroatoms. The van der Waals surface area contributed by atoms with E-state index in [2.05, 4.69) is 10.3 Å². The zero-order valence-corrected chi connectivity index (χ0v) is 14.1. The Kier molecular flexibility index (Phi) is 5.08. The standard InChI is InChI=1S/C17H20N2O2S/c1-5-14-15(11(3)20)10(2)18-16(14)17(21)19-12-6-8-13(22-4)9-7-12/h6-9,18H,5H2,1-4H3,(H,19,21). The van der Waals surface area contributed by atoms with Crippen molar-refractivity contribution < 1.29 is 9.59 Å². The number of ketones is 1. The number of nitrogens with one attached hydrogen (secondary N) is 2. The van der Waals surface area contributed by atoms with Crippen LogP contribution in [0.5, 0.6) is 0 Å². The molecule has 1 aromatic carbocycles. The summed E-state index contributed by atoms with van der Waals surface area (Å²) in [6.45, 7) is 5.29. The molecule has 0 aliphatic carbocycles. The molecule has 0 saturated heterocycles. The Hall–Kier alpha value is -2.01. The number of hydrogen-bond donors (Lipinski definition) is 2. The second-order valence-electron chi connectivity index (χ2n) is 5.07. The number of Topliss-reactive ketones (excluding diaryl/α,β-unsaturated/α-hetero) is 1. The van der Waals surface area contributed by atoms with Crippen LogP contribution in [-0.2, 0) is 6.42 Å². The van der Waals surface area contributed by atoms with Crippen LogP contribution in [0, 0.1) is 6.92 Å². The summed E-state index contributed by atoms with van der Waals surface area (Å²) in [5, 5.41) is 2.87. The summed E-state index contributed by atoms with van der Waals surface area (Å²) in [5.74, 6) is -0.238. The number of aromatic nitrogens is 1. The molecule has 22 heavy (non-hydrogen) atoms. The third-order valence-corrected chi connectivity index (χ3v) is 4.32. The van der Waals surface area contributed by atoms with Gasteiger partial charge in [0.2, 0.25) is 0 Å². The van der Waals surface area contributed by atoms with Crippen molar-refractivity contribution in [3.63, 3.8) is 0 Å². The van der Waals surface area contributed by atoms with Crippen molar-refractivity contribution >= 4 is 29.1 Å². The molecule has 2 rings (SSSR count). The predicted molar refractivity (Wildman–Crippen MR) is 91.1 cm³/mol. The van der Waals surface area contributed by atoms with Crippen molar-refractivity contribution in [1.82, 2.24) is 4.98 Å². The van der Waals surface area contributed by atoms with Crippen molar-refractivity contribution in [2.24, 2.45) is 0 Å². The molecule has 1 aromatic heterocycles. The van der Waals surface area contributed by atoms with Crippen molar-refractivity contribution in [3.05, 3.63) is 46.8 Å². The van der Waals surface area contributed by atoms with E-state index in [9.17, 15) is 9.59 Å². The lowest BCUT2D eigenvalue weighted by Crippen LogP contribution is -2.14. The number of hydrogen-bond acceptors (Lipinski definition) is 3. The molecule has 0 saturated carbocycles. The largest absolute Gasteiger partial charge is 0.354 e. The number of amides is 1. The molecule has 0 aliphatic rings. The Morgan fingerprint density at radius 3 is 2.36 bits per heavy atom. The fraction of sp³-hybridized carbons (Fsp3) is 0.294. The monoisotopic (exact) mass is 316 g/mol. The first-order valence-corrected chi connectivity index (χ1v) is 8.38. The Bertz CT molecular complexity index is 702. The van der Waals surface area contributed by atoms with Crippen LogP contribution in [0.15, 0.2) is 29.2 Å². The van der Waals surface area contributed by atoms with Gasteiger partial charge in [-0.25, -0.2) is 0 Å². The first kappa shape index (κ1) is 16.4. The fourth-order valence-corrected chi connectivity index (χ4v) is 2.98. The summed E-state index contributed by atoms with van der Waals surface area (Å²) in [6, 6.07) is 7.66. The van der Waals surface area contributed by atoms with E-state index < -0.39 is 0 Å². The molecule has 1 amide bonds. The van der Waals surface area contributed by atoms with Gasteiger partial charge >= 0.3 is 0 Å². The highest BCUT2D eigenvalue weighted by Gasteiger charge is 2.21. The van der Waals surface area contributed by atoms with Gasteiger partial charge in [0.1, 0.15) is 5.69 Å². The van der Waals surface area contributed by atoms with E-state index in [0.717, 1.165) is 21.8 Å². The van der Waals surface area contributed by atoms with Crippen LogP contribution in [0.3, 0.4) is 0 Å². The van der Waals surface area contributed by atoms with Crippen molar-refractivity contribution in [2.75, 3.05) is 11.6 Å². The van der Waals surface area contributed by atoms with Gasteiger partial charge in [-0.05, 0) is 56.4 Å². The predicted octanol–water partition coefficient (Wildman–Crippen LogP) is 4.06. The number of aromatic amines is 1. The molecule has 1 heterocycles. The third-order valence-electron chi connectivity index (χ3n) is 3.57. The Morgan fingerprint density at radius 1 is 1.23 bits per heavy atom. The molecule has 0 fully saturated rings. The smallest absolute Gasteiger partial charge is 0.272 e. The first-order valence-electron chi connectivity index (χ1n) is 7.15. The van der Waals surface area contributed by atoms with E-state index >= 15 is 0 Å². The summed E-state index contributed by atoms with van der Waals surface area (Å²) >= 11 is 1.65. The minimum atomic E-state index is -0.218. The second-order valence-corrected chi connectivity index (χ2v) is 5.95. The lowest BCUT2D eigenvalue weighted by atomic mass is 10.0. The molecular formula is C17H20N2O2S. The zero-order chi connectivity index (χ0) is 16.3. The summed E-state index contributed by atoms with van der Waals surface area (Å²) in [4.78, 5) is 28.4. The van der Waals surface area contributed by atoms with E-state index in [1.807, 2.05) is 44.4 Å². The maximum absolute atomic E-state index is 12.5. The SMILES string of the molecule is CCc1c(C(=O)Nc2ccc(SC)cc2)[nH]c(C)c1C(C)=O. The summed E-state index contributed by atoms with van der Waals surface area (Å²) in [5.41, 5.74) is 3.36. The molecule has 0 radical (unpaired) electrons. The normalized spacial score (nSPS) is 10.5. The maximum atomic E-state index is 12.5. The van der Waals surface area contributed by atoms with Crippen LogP contribution in [0.2, 0.25) is 0 Å². The second kappa shape index (κ2) is 6.83. The van der Waals surface area contributed by atoms with E-state index in [4.69, 9.17) is 0 Å². The van der Waals surface area contributed by atoms with Gasteiger partial charge in [0, 0.05) is 21.8 Å². The van der Waals surface area contributed by atoms with Crippen LogP contribution in [0.4, 0.5) is 5.69 Å². The first-order chi connectivity index (χ1) is 10.5. The number of benzene rings is 1. The van der Waals surface area contributed by atoms with E-state index in [0.29, 0.717) is 17.7 Å². The number of thioether (sulfide) groups is 1. The Labute approximate surface area is 134 Å². The average Bonchev–Trinajstić information content (AvgIpc) is 2.84. The number of carbonyl (C=O) groups is 2. The van der Waals surface area contributed by atoms with Gasteiger partial charge < -0.3 is 10.3 Å². The van der Waals surface area contributed by atoms with Crippen LogP contribution < -0.4 is 5.32 Å². The number of anilines is 1. The van der Waals surface area contributed by atoms with Crippen LogP contribution in [0.1, 0.15) is 46.0 Å². The highest BCUT2D eigenvalue weighted by atomic mass is 32.2. The molecule has 0 unspecified atom stereocenters. The van der Waals surface area contributed by atoms with Crippen molar-refractivity contribution in [3.8, 4) is 0 Å². The van der Waals surface area contributed by atoms with Gasteiger partial charge in [0.15, 0.2) is 5.78 Å². The minimum Gasteiger partial charge on any atom is -0.354 e. The number of aryl methyl sites for hydroxylation is 1. The molecule has 2 N–H and O–H groups in total. The fourth-order valence-electron chi connectivity index (χ4n) is 2.57. The highest BCUT2D eigenvalue weighted by Crippen LogP contribution is 2.22. The number of rotatable bonds is 5. The molecule has 4 nitrogen and oxygen atoms in total. The molecule has 0 aliphatic heterocycles. The van der Waals surface area contributed by atoms with Gasteiger partial charge in [0.25, 0.3) is 5.91 Å². The number of carbonyl (C=O) groups excluding carboxylic acids is 2. The van der Waals surface area contributed by atoms with E-state index in [1.54, 1.807) is 11.8 Å². The van der Waals surface area contributed by atoms with Crippen molar-refractivity contribution in [2.45, 2.75) is 32.1 Å². The minimum absolute atomic E-state index is 0.0195. The highest BCUT2D eigenvalue weighted by molar-refractivity contribution is 7.98. The summed E-state index contributed by atoms with van der Waals surface area (Å²) < 4.78 is 0. The van der Waals surface area contributed by atoms with Crippen molar-refractivity contribution in [1.29, 1.82) is 0 Å². The third kappa shape index (κ3) is 3.25. The molecule has 0 spiro atoms. The molecule has 0 atom stereocenters. The number of H-pyrrole nitrogens is 1. The van der Waals surface area contributed by atoms with Crippen LogP contribution >= 0.6 is 11.8 Å². The summed E-state index contributed by atoms with van der Waals surface area (Å²) in [7, 11) is 0. The van der Waals surface area contributed by atoms with Gasteiger partial charge in [-0.1, -0.05) is 6.92 Å². The average molecular weight is 316 g/mol. The van der Waals surface area contributed by atoms with Gasteiger partial charge in [0.05, 0.1) is 0 Å². The van der Waals surface area contributed by atoms with Crippen LogP contribution in [0.25, 0.3) is 0 Å². The Balaban J connectivity index is 2.29.